The molecule has 0 bridgehead atoms. The highest BCUT2D eigenvalue weighted by molar-refractivity contribution is 4.72. The Morgan fingerprint density at radius 3 is 1.59 bits per heavy atom. The Morgan fingerprint density at radius 1 is 1.06 bits per heavy atom. The average Bonchev–Trinajstić information content (AvgIpc) is 2.27. The Labute approximate surface area is 109 Å². The summed E-state index contributed by atoms with van der Waals surface area (Å²) in [6.45, 7) is 13.6. The first-order chi connectivity index (χ1) is 7.95. The van der Waals surface area contributed by atoms with Crippen LogP contribution in [0.15, 0.2) is 12.5 Å². The molecule has 0 aromatic carbocycles. The number of unbranched alkanes of at least 4 members (excludes halogenated alkanes) is 2. The van der Waals surface area contributed by atoms with Crippen LogP contribution in [0, 0.1) is 0 Å². The first-order valence-corrected chi connectivity index (χ1v) is 6.72. The maximum Gasteiger partial charge on any atom is 0.176 e. The van der Waals surface area contributed by atoms with Crippen LogP contribution in [-0.2, 0) is 0 Å². The topological polar surface area (TPSA) is 35.5 Å². The van der Waals surface area contributed by atoms with Crippen LogP contribution in [0.4, 0.5) is 0 Å². The molecule has 0 unspecified atom stereocenters. The number of aliphatic hydroxyl groups excluding tert-OH is 1. The molecule has 0 spiro atoms. The summed E-state index contributed by atoms with van der Waals surface area (Å²) in [7, 11) is 4.21. The Balaban J connectivity index is -0.000000180. The molecule has 106 valence electrons. The first kappa shape index (κ1) is 21.6. The van der Waals surface area contributed by atoms with Gasteiger partial charge in [-0.1, -0.05) is 40.0 Å². The molecule has 0 fully saturated rings. The van der Waals surface area contributed by atoms with Gasteiger partial charge in [0.05, 0.1) is 0 Å². The molecule has 3 nitrogen and oxygen atoms in total. The van der Waals surface area contributed by atoms with Crippen molar-refractivity contribution in [2.75, 3.05) is 27.2 Å². The molecular weight excluding hydrogens is 212 g/mol. The minimum Gasteiger partial charge on any atom is -0.495 e. The molecule has 0 atom stereocenters. The molecule has 0 aliphatic heterocycles. The normalized spacial score (nSPS) is 8.65. The second-order valence-corrected chi connectivity index (χ2v) is 4.13. The lowest BCUT2D eigenvalue weighted by Crippen LogP contribution is -2.12. The van der Waals surface area contributed by atoms with Crippen molar-refractivity contribution < 1.29 is 5.11 Å². The van der Waals surface area contributed by atoms with Crippen LogP contribution in [0.1, 0.15) is 53.4 Å². The average molecular weight is 246 g/mol. The number of nitrogens with one attached hydrogen (secondary N) is 1. The van der Waals surface area contributed by atoms with Gasteiger partial charge in [-0.3, -0.25) is 0 Å². The molecule has 0 saturated heterocycles. The van der Waals surface area contributed by atoms with Gasteiger partial charge in [0, 0.05) is 6.54 Å². The maximum absolute atomic E-state index is 8.25. The summed E-state index contributed by atoms with van der Waals surface area (Å²) >= 11 is 0. The number of aliphatic hydroxyl groups is 1. The summed E-state index contributed by atoms with van der Waals surface area (Å²) in [4.78, 5) is 2.21. The van der Waals surface area contributed by atoms with Gasteiger partial charge in [-0.2, -0.15) is 0 Å². The molecule has 0 heterocycles. The van der Waals surface area contributed by atoms with Crippen LogP contribution < -0.4 is 5.32 Å². The highest BCUT2D eigenvalue weighted by atomic mass is 16.3. The van der Waals surface area contributed by atoms with Crippen molar-refractivity contribution >= 4 is 0 Å². The van der Waals surface area contributed by atoms with Crippen molar-refractivity contribution in [3.63, 3.8) is 0 Å². The third-order valence-electron chi connectivity index (χ3n) is 1.84. The van der Waals surface area contributed by atoms with Gasteiger partial charge in [0.25, 0.3) is 0 Å². The first-order valence-electron chi connectivity index (χ1n) is 6.72. The highest BCUT2D eigenvalue weighted by Crippen LogP contribution is 1.86. The van der Waals surface area contributed by atoms with Crippen LogP contribution in [0.2, 0.25) is 0 Å². The lowest BCUT2D eigenvalue weighted by Gasteiger charge is -2.05. The van der Waals surface area contributed by atoms with E-state index >= 15 is 0 Å². The molecule has 17 heavy (non-hydrogen) atoms. The molecule has 0 aliphatic carbocycles. The molecule has 0 amide bonds. The zero-order valence-corrected chi connectivity index (χ0v) is 12.8. The lowest BCUT2D eigenvalue weighted by molar-refractivity contribution is 0.371. The van der Waals surface area contributed by atoms with E-state index in [1.54, 1.807) is 0 Å². The van der Waals surface area contributed by atoms with Gasteiger partial charge in [-0.15, -0.1) is 0 Å². The highest BCUT2D eigenvalue weighted by Gasteiger charge is 1.83. The van der Waals surface area contributed by atoms with Crippen LogP contribution in [-0.4, -0.2) is 37.2 Å². The predicted molar refractivity (Wildman–Crippen MR) is 79.5 cm³/mol. The van der Waals surface area contributed by atoms with Gasteiger partial charge in [-0.25, -0.2) is 0 Å². The third kappa shape index (κ3) is 50.8. The Morgan fingerprint density at radius 2 is 1.53 bits per heavy atom. The van der Waals surface area contributed by atoms with Crippen molar-refractivity contribution in [1.82, 2.24) is 10.2 Å². The largest absolute Gasteiger partial charge is 0.495 e. The van der Waals surface area contributed by atoms with Gasteiger partial charge < -0.3 is 15.3 Å². The standard InChI is InChI=1S/C6H15N.C4H9NO.C4H10/c1-4-5-6-7(2)3;1-3-5-4(2)6;1-3-4-2/h4-6H2,1-3H3;5-6H,2-3H2,1H3;3-4H2,1-2H3. The molecular formula is C14H34N2O. The summed E-state index contributed by atoms with van der Waals surface area (Å²) in [5, 5.41) is 10.8. The predicted octanol–water partition coefficient (Wildman–Crippen LogP) is 3.78. The summed E-state index contributed by atoms with van der Waals surface area (Å²) in [5.74, 6) is 0.0394. The van der Waals surface area contributed by atoms with E-state index in [1.807, 2.05) is 6.92 Å². The van der Waals surface area contributed by atoms with Crippen molar-refractivity contribution in [3.8, 4) is 0 Å². The second kappa shape index (κ2) is 20.7. The van der Waals surface area contributed by atoms with Crippen LogP contribution in [0.25, 0.3) is 0 Å². The van der Waals surface area contributed by atoms with E-state index in [2.05, 4.69) is 51.7 Å². The second-order valence-electron chi connectivity index (χ2n) is 4.13. The van der Waals surface area contributed by atoms with Crippen LogP contribution >= 0.6 is 0 Å². The van der Waals surface area contributed by atoms with Crippen molar-refractivity contribution in [3.05, 3.63) is 12.5 Å². The van der Waals surface area contributed by atoms with Gasteiger partial charge in [0.1, 0.15) is 0 Å². The Kier molecular flexibility index (Phi) is 26.2. The maximum atomic E-state index is 8.25. The third-order valence-corrected chi connectivity index (χ3v) is 1.84. The quantitative estimate of drug-likeness (QED) is 0.700. The van der Waals surface area contributed by atoms with E-state index in [1.165, 1.54) is 32.2 Å². The molecule has 0 aromatic rings. The summed E-state index contributed by atoms with van der Waals surface area (Å²) in [6, 6.07) is 0. The van der Waals surface area contributed by atoms with E-state index in [0.717, 1.165) is 6.54 Å². The van der Waals surface area contributed by atoms with Crippen molar-refractivity contribution in [2.24, 2.45) is 0 Å². The zero-order valence-electron chi connectivity index (χ0n) is 12.8. The van der Waals surface area contributed by atoms with E-state index in [-0.39, 0.29) is 5.88 Å². The minimum absolute atomic E-state index is 0.0394. The van der Waals surface area contributed by atoms with E-state index in [0.29, 0.717) is 0 Å². The molecule has 0 aromatic heterocycles. The number of hydrogen-bond acceptors (Lipinski definition) is 3. The Hall–Kier alpha value is -0.700. The summed E-state index contributed by atoms with van der Waals surface area (Å²) < 4.78 is 0. The lowest BCUT2D eigenvalue weighted by atomic mass is 10.3. The smallest absolute Gasteiger partial charge is 0.176 e. The molecule has 0 aliphatic rings. The van der Waals surface area contributed by atoms with E-state index < -0.39 is 0 Å². The fourth-order valence-electron chi connectivity index (χ4n) is 0.678. The van der Waals surface area contributed by atoms with E-state index in [4.69, 9.17) is 5.11 Å². The SMILES string of the molecule is C=C(O)NCC.CCCC.CCCCN(C)C. The van der Waals surface area contributed by atoms with Gasteiger partial charge in [0.15, 0.2) is 5.88 Å². The Bertz CT molecular complexity index is 134. The van der Waals surface area contributed by atoms with Crippen LogP contribution in [0.3, 0.4) is 0 Å². The number of rotatable bonds is 6. The molecule has 0 rings (SSSR count). The zero-order chi connectivity index (χ0) is 14.1. The monoisotopic (exact) mass is 246 g/mol. The summed E-state index contributed by atoms with van der Waals surface area (Å²) in [6.07, 6.45) is 5.27. The fourth-order valence-corrected chi connectivity index (χ4v) is 0.678. The molecule has 3 heteroatoms. The fraction of sp³-hybridized carbons (Fsp3) is 0.857. The van der Waals surface area contributed by atoms with Crippen molar-refractivity contribution in [2.45, 2.75) is 53.4 Å². The number of hydrogen-bond donors (Lipinski definition) is 2. The minimum atomic E-state index is 0.0394. The van der Waals surface area contributed by atoms with Gasteiger partial charge in [-0.05, 0) is 40.6 Å². The van der Waals surface area contributed by atoms with Gasteiger partial charge in [0.2, 0.25) is 0 Å². The summed E-state index contributed by atoms with van der Waals surface area (Å²) in [5.41, 5.74) is 0. The number of nitrogens with zero attached hydrogens (tertiary/aromatic N) is 1. The molecule has 2 N–H and O–H groups in total. The van der Waals surface area contributed by atoms with Crippen molar-refractivity contribution in [1.29, 1.82) is 0 Å². The van der Waals surface area contributed by atoms with E-state index in [9.17, 15) is 0 Å². The molecule has 0 radical (unpaired) electrons. The van der Waals surface area contributed by atoms with Crippen LogP contribution in [0.5, 0.6) is 0 Å². The molecule has 0 saturated carbocycles. The van der Waals surface area contributed by atoms with Gasteiger partial charge >= 0.3 is 0 Å².